The molecule has 2 rings (SSSR count). The summed E-state index contributed by atoms with van der Waals surface area (Å²) in [4.78, 5) is 11.5. The molecule has 5 nitrogen and oxygen atoms in total. The van der Waals surface area contributed by atoms with Crippen LogP contribution < -0.4 is 4.74 Å². The van der Waals surface area contributed by atoms with Crippen molar-refractivity contribution >= 4 is 5.97 Å². The van der Waals surface area contributed by atoms with E-state index < -0.39 is 0 Å². The summed E-state index contributed by atoms with van der Waals surface area (Å²) in [6, 6.07) is 10.2. The zero-order valence-corrected chi connectivity index (χ0v) is 10.8. The zero-order chi connectivity index (χ0) is 13.7. The van der Waals surface area contributed by atoms with E-state index in [-0.39, 0.29) is 5.97 Å². The average molecular weight is 258 g/mol. The molecule has 1 heterocycles. The Balaban J connectivity index is 2.06. The Morgan fingerprint density at radius 3 is 2.42 bits per heavy atom. The number of benzene rings is 1. The van der Waals surface area contributed by atoms with E-state index in [0.29, 0.717) is 23.8 Å². The Morgan fingerprint density at radius 2 is 1.84 bits per heavy atom. The summed E-state index contributed by atoms with van der Waals surface area (Å²) in [5, 5.41) is 7.79. The lowest BCUT2D eigenvalue weighted by Gasteiger charge is -2.05. The predicted molar refractivity (Wildman–Crippen MR) is 69.2 cm³/mol. The summed E-state index contributed by atoms with van der Waals surface area (Å²) in [5.41, 5.74) is 1.31. The maximum Gasteiger partial charge on any atom is 0.338 e. The first-order valence-electron chi connectivity index (χ1n) is 5.94. The summed E-state index contributed by atoms with van der Waals surface area (Å²) in [5.74, 6) is 0.657. The normalized spacial score (nSPS) is 10.0. The topological polar surface area (TPSA) is 61.3 Å². The van der Waals surface area contributed by atoms with E-state index in [0.717, 1.165) is 5.69 Å². The van der Waals surface area contributed by atoms with Crippen LogP contribution >= 0.6 is 0 Å². The highest BCUT2D eigenvalue weighted by Gasteiger charge is 2.06. The van der Waals surface area contributed by atoms with Crippen LogP contribution in [0.1, 0.15) is 23.0 Å². The second-order valence-electron chi connectivity index (χ2n) is 3.86. The Kier molecular flexibility index (Phi) is 4.07. The van der Waals surface area contributed by atoms with E-state index >= 15 is 0 Å². The lowest BCUT2D eigenvalue weighted by molar-refractivity contribution is 0.0526. The van der Waals surface area contributed by atoms with Crippen LogP contribution in [0, 0.1) is 6.92 Å². The third kappa shape index (κ3) is 3.51. The molecule has 0 aliphatic carbocycles. The molecular weight excluding hydrogens is 244 g/mol. The van der Waals surface area contributed by atoms with Gasteiger partial charge in [-0.3, -0.25) is 0 Å². The molecule has 0 bridgehead atoms. The highest BCUT2D eigenvalue weighted by molar-refractivity contribution is 5.89. The summed E-state index contributed by atoms with van der Waals surface area (Å²) >= 11 is 0. The van der Waals surface area contributed by atoms with Gasteiger partial charge in [0.1, 0.15) is 5.75 Å². The fraction of sp³-hybridized carbons (Fsp3) is 0.214. The quantitative estimate of drug-likeness (QED) is 0.789. The van der Waals surface area contributed by atoms with Gasteiger partial charge in [0, 0.05) is 6.07 Å². The molecule has 0 amide bonds. The Bertz CT molecular complexity index is 550. The monoisotopic (exact) mass is 258 g/mol. The van der Waals surface area contributed by atoms with Crippen molar-refractivity contribution in [1.82, 2.24) is 10.2 Å². The van der Waals surface area contributed by atoms with Gasteiger partial charge in [0.05, 0.1) is 17.9 Å². The largest absolute Gasteiger partial charge is 0.462 e. The molecule has 19 heavy (non-hydrogen) atoms. The predicted octanol–water partition coefficient (Wildman–Crippen LogP) is 2.75. The van der Waals surface area contributed by atoms with Crippen molar-refractivity contribution in [2.45, 2.75) is 13.8 Å². The third-order valence-corrected chi connectivity index (χ3v) is 2.36. The van der Waals surface area contributed by atoms with E-state index in [1.54, 1.807) is 37.3 Å². The lowest BCUT2D eigenvalue weighted by atomic mass is 10.2. The van der Waals surface area contributed by atoms with Gasteiger partial charge in [-0.15, -0.1) is 5.10 Å². The van der Waals surface area contributed by atoms with Crippen LogP contribution in [0.2, 0.25) is 0 Å². The van der Waals surface area contributed by atoms with Crippen LogP contribution in [0.15, 0.2) is 36.4 Å². The highest BCUT2D eigenvalue weighted by atomic mass is 16.5. The molecule has 0 saturated heterocycles. The van der Waals surface area contributed by atoms with Gasteiger partial charge in [0.15, 0.2) is 0 Å². The van der Waals surface area contributed by atoms with Crippen molar-refractivity contribution in [1.29, 1.82) is 0 Å². The second kappa shape index (κ2) is 5.95. The molecule has 0 unspecified atom stereocenters. The van der Waals surface area contributed by atoms with E-state index in [9.17, 15) is 4.79 Å². The van der Waals surface area contributed by atoms with Crippen molar-refractivity contribution in [2.75, 3.05) is 6.61 Å². The van der Waals surface area contributed by atoms with Crippen LogP contribution in [0.3, 0.4) is 0 Å². The van der Waals surface area contributed by atoms with E-state index in [2.05, 4.69) is 10.2 Å². The second-order valence-corrected chi connectivity index (χ2v) is 3.86. The average Bonchev–Trinajstić information content (AvgIpc) is 2.42. The molecule has 0 spiro atoms. The minimum absolute atomic E-state index is 0.343. The SMILES string of the molecule is CCOC(=O)c1ccc(Oc2ccc(C)nn2)cc1. The van der Waals surface area contributed by atoms with Crippen molar-refractivity contribution < 1.29 is 14.3 Å². The van der Waals surface area contributed by atoms with Gasteiger partial charge < -0.3 is 9.47 Å². The minimum Gasteiger partial charge on any atom is -0.462 e. The molecule has 0 N–H and O–H groups in total. The van der Waals surface area contributed by atoms with Crippen LogP contribution in [0.25, 0.3) is 0 Å². The zero-order valence-electron chi connectivity index (χ0n) is 10.8. The van der Waals surface area contributed by atoms with E-state index in [1.165, 1.54) is 0 Å². The first-order valence-corrected chi connectivity index (χ1v) is 5.94. The minimum atomic E-state index is -0.343. The molecule has 1 aromatic carbocycles. The molecule has 0 atom stereocenters. The van der Waals surface area contributed by atoms with E-state index in [4.69, 9.17) is 9.47 Å². The molecule has 0 fully saturated rings. The van der Waals surface area contributed by atoms with Crippen LogP contribution in [-0.4, -0.2) is 22.8 Å². The maximum absolute atomic E-state index is 11.5. The summed E-state index contributed by atoms with van der Waals surface area (Å²) in [6.45, 7) is 3.98. The first-order chi connectivity index (χ1) is 9.19. The number of rotatable bonds is 4. The lowest BCUT2D eigenvalue weighted by Crippen LogP contribution is -2.04. The molecule has 98 valence electrons. The number of hydrogen-bond donors (Lipinski definition) is 0. The van der Waals surface area contributed by atoms with Gasteiger partial charge in [0.25, 0.3) is 0 Å². The number of esters is 1. The number of carbonyl (C=O) groups excluding carboxylic acids is 1. The third-order valence-electron chi connectivity index (χ3n) is 2.36. The molecule has 5 heteroatoms. The summed E-state index contributed by atoms with van der Waals surface area (Å²) < 4.78 is 10.4. The number of carbonyl (C=O) groups is 1. The van der Waals surface area contributed by atoms with Crippen LogP contribution in [-0.2, 0) is 4.74 Å². The fourth-order valence-electron chi connectivity index (χ4n) is 1.44. The smallest absolute Gasteiger partial charge is 0.338 e. The van der Waals surface area contributed by atoms with Gasteiger partial charge in [-0.1, -0.05) is 0 Å². The highest BCUT2D eigenvalue weighted by Crippen LogP contribution is 2.19. The molecule has 2 aromatic rings. The van der Waals surface area contributed by atoms with Crippen LogP contribution in [0.5, 0.6) is 11.6 Å². The van der Waals surface area contributed by atoms with Gasteiger partial charge in [-0.25, -0.2) is 4.79 Å². The maximum atomic E-state index is 11.5. The number of aromatic nitrogens is 2. The molecule has 0 saturated carbocycles. The standard InChI is InChI=1S/C14H14N2O3/c1-3-18-14(17)11-5-7-12(8-6-11)19-13-9-4-10(2)15-16-13/h4-9H,3H2,1-2H3. The molecular formula is C14H14N2O3. The first kappa shape index (κ1) is 13.0. The van der Waals surface area contributed by atoms with Crippen molar-refractivity contribution in [3.63, 3.8) is 0 Å². The van der Waals surface area contributed by atoms with Gasteiger partial charge in [-0.05, 0) is 44.2 Å². The van der Waals surface area contributed by atoms with Gasteiger partial charge in [-0.2, -0.15) is 5.10 Å². The van der Waals surface area contributed by atoms with Crippen LogP contribution in [0.4, 0.5) is 0 Å². The Labute approximate surface area is 111 Å². The number of nitrogens with zero attached hydrogens (tertiary/aromatic N) is 2. The summed E-state index contributed by atoms with van der Waals surface area (Å²) in [6.07, 6.45) is 0. The van der Waals surface area contributed by atoms with Crippen molar-refractivity contribution in [2.24, 2.45) is 0 Å². The summed E-state index contributed by atoms with van der Waals surface area (Å²) in [7, 11) is 0. The number of aryl methyl sites for hydroxylation is 1. The Morgan fingerprint density at radius 1 is 1.11 bits per heavy atom. The molecule has 0 radical (unpaired) electrons. The molecule has 1 aromatic heterocycles. The molecule has 0 aliphatic rings. The molecule has 0 aliphatic heterocycles. The van der Waals surface area contributed by atoms with E-state index in [1.807, 2.05) is 13.0 Å². The van der Waals surface area contributed by atoms with Gasteiger partial charge >= 0.3 is 5.97 Å². The Hall–Kier alpha value is -2.43. The van der Waals surface area contributed by atoms with Crippen molar-refractivity contribution in [3.8, 4) is 11.6 Å². The van der Waals surface area contributed by atoms with Crippen molar-refractivity contribution in [3.05, 3.63) is 47.7 Å². The number of hydrogen-bond acceptors (Lipinski definition) is 5. The number of ether oxygens (including phenoxy) is 2. The fourth-order valence-corrected chi connectivity index (χ4v) is 1.44. The van der Waals surface area contributed by atoms with Gasteiger partial charge in [0.2, 0.25) is 5.88 Å².